The maximum Gasteiger partial charge on any atom is 0.184 e. The summed E-state index contributed by atoms with van der Waals surface area (Å²) in [5, 5.41) is 0. The lowest BCUT2D eigenvalue weighted by molar-refractivity contribution is -0.289. The summed E-state index contributed by atoms with van der Waals surface area (Å²) in [6.45, 7) is 1.11. The van der Waals surface area contributed by atoms with Gasteiger partial charge in [0.05, 0.1) is 6.61 Å². The molecule has 1 aromatic carbocycles. The Morgan fingerprint density at radius 2 is 1.69 bits per heavy atom. The van der Waals surface area contributed by atoms with Crippen LogP contribution < -0.4 is 0 Å². The number of ether oxygens (including phenoxy) is 6. The van der Waals surface area contributed by atoms with Crippen LogP contribution in [0.4, 0.5) is 0 Å². The molecule has 6 nitrogen and oxygen atoms in total. The summed E-state index contributed by atoms with van der Waals surface area (Å²) in [5.41, 5.74) is -0.191. The monoisotopic (exact) mass is 384 g/mol. The molecular weight excluding hydrogens is 356 g/mol. The summed E-state index contributed by atoms with van der Waals surface area (Å²) >= 11 is 1.63. The van der Waals surface area contributed by atoms with Crippen LogP contribution in [0.25, 0.3) is 0 Å². The fraction of sp³-hybridized carbons (Fsp3) is 0.684. The SMILES string of the molecule is CO[C@H]1[C@H](O[C@H]2OCCC[C@H]2OC)[C@H](OC)CO[C@H]1Sc1ccccc1. The molecule has 0 unspecified atom stereocenters. The summed E-state index contributed by atoms with van der Waals surface area (Å²) in [6.07, 6.45) is 0.566. The second-order valence-corrected chi connectivity index (χ2v) is 7.54. The number of hydrogen-bond donors (Lipinski definition) is 0. The number of hydrogen-bond acceptors (Lipinski definition) is 7. The van der Waals surface area contributed by atoms with E-state index in [-0.39, 0.29) is 29.9 Å². The maximum absolute atomic E-state index is 6.32. The third-order valence-electron chi connectivity index (χ3n) is 4.77. The Morgan fingerprint density at radius 3 is 2.38 bits per heavy atom. The highest BCUT2D eigenvalue weighted by Gasteiger charge is 2.45. The summed E-state index contributed by atoms with van der Waals surface area (Å²) in [5.74, 6) is 0. The highest BCUT2D eigenvalue weighted by molar-refractivity contribution is 7.99. The minimum Gasteiger partial charge on any atom is -0.376 e. The molecule has 0 N–H and O–H groups in total. The standard InChI is InChI=1S/C19H28O6S/c1-20-14-10-7-11-23-18(14)25-16-15(21-2)12-24-19(17(16)22-3)26-13-8-5-4-6-9-13/h4-6,8-9,14-19H,7,10-12H2,1-3H3/t14-,15-,16-,17+,18-,19+/m1/s1. The van der Waals surface area contributed by atoms with E-state index < -0.39 is 6.29 Å². The second kappa shape index (κ2) is 10.0. The van der Waals surface area contributed by atoms with Crippen LogP contribution in [0, 0.1) is 0 Å². The highest BCUT2D eigenvalue weighted by atomic mass is 32.2. The molecule has 1 aromatic rings. The Morgan fingerprint density at radius 1 is 0.923 bits per heavy atom. The van der Waals surface area contributed by atoms with Crippen molar-refractivity contribution in [2.75, 3.05) is 34.5 Å². The van der Waals surface area contributed by atoms with Gasteiger partial charge in [-0.05, 0) is 25.0 Å². The molecule has 7 heteroatoms. The first kappa shape index (κ1) is 20.1. The van der Waals surface area contributed by atoms with Gasteiger partial charge in [0.2, 0.25) is 0 Å². The molecule has 146 valence electrons. The fourth-order valence-corrected chi connectivity index (χ4v) is 4.46. The van der Waals surface area contributed by atoms with Gasteiger partial charge in [-0.15, -0.1) is 0 Å². The molecule has 2 heterocycles. The number of thioether (sulfide) groups is 1. The van der Waals surface area contributed by atoms with Crippen molar-refractivity contribution in [3.63, 3.8) is 0 Å². The van der Waals surface area contributed by atoms with Crippen molar-refractivity contribution in [3.8, 4) is 0 Å². The first-order valence-corrected chi connectivity index (χ1v) is 9.83. The summed E-state index contributed by atoms with van der Waals surface area (Å²) in [6, 6.07) is 10.1. The third-order valence-corrected chi connectivity index (χ3v) is 5.95. The van der Waals surface area contributed by atoms with E-state index in [0.717, 1.165) is 17.7 Å². The van der Waals surface area contributed by atoms with Crippen LogP contribution in [0.3, 0.4) is 0 Å². The predicted molar refractivity (Wildman–Crippen MR) is 98.3 cm³/mol. The van der Waals surface area contributed by atoms with E-state index in [1.54, 1.807) is 33.1 Å². The summed E-state index contributed by atoms with van der Waals surface area (Å²) < 4.78 is 35.1. The van der Waals surface area contributed by atoms with Gasteiger partial charge in [0.25, 0.3) is 0 Å². The number of benzene rings is 1. The van der Waals surface area contributed by atoms with Crippen LogP contribution in [0.15, 0.2) is 35.2 Å². The predicted octanol–water partition coefficient (Wildman–Crippen LogP) is 2.70. The second-order valence-electron chi connectivity index (χ2n) is 6.36. The van der Waals surface area contributed by atoms with Crippen LogP contribution in [0.5, 0.6) is 0 Å². The van der Waals surface area contributed by atoms with Crippen molar-refractivity contribution in [1.29, 1.82) is 0 Å². The molecule has 2 fully saturated rings. The summed E-state index contributed by atoms with van der Waals surface area (Å²) in [7, 11) is 5.03. The van der Waals surface area contributed by atoms with Crippen LogP contribution in [0.1, 0.15) is 12.8 Å². The van der Waals surface area contributed by atoms with Crippen molar-refractivity contribution in [3.05, 3.63) is 30.3 Å². The molecule has 0 aliphatic carbocycles. The number of methoxy groups -OCH3 is 3. The van der Waals surface area contributed by atoms with E-state index >= 15 is 0 Å². The molecular formula is C19H28O6S. The maximum atomic E-state index is 6.32. The minimum atomic E-state index is -0.422. The zero-order valence-corrected chi connectivity index (χ0v) is 16.4. The Hall–Kier alpha value is -0.670. The van der Waals surface area contributed by atoms with E-state index in [4.69, 9.17) is 28.4 Å². The van der Waals surface area contributed by atoms with E-state index in [1.165, 1.54) is 0 Å². The average molecular weight is 384 g/mol. The van der Waals surface area contributed by atoms with E-state index in [2.05, 4.69) is 12.1 Å². The van der Waals surface area contributed by atoms with Crippen LogP contribution in [-0.2, 0) is 28.4 Å². The summed E-state index contributed by atoms with van der Waals surface area (Å²) in [4.78, 5) is 1.12. The van der Waals surface area contributed by atoms with Gasteiger partial charge in [0, 0.05) is 32.8 Å². The molecule has 0 radical (unpaired) electrons. The minimum absolute atomic E-state index is 0.0816. The Bertz CT molecular complexity index is 530. The zero-order valence-electron chi connectivity index (χ0n) is 15.5. The van der Waals surface area contributed by atoms with E-state index in [9.17, 15) is 0 Å². The molecule has 0 aromatic heterocycles. The van der Waals surface area contributed by atoms with Gasteiger partial charge in [-0.25, -0.2) is 0 Å². The van der Waals surface area contributed by atoms with Gasteiger partial charge in [0.15, 0.2) is 6.29 Å². The molecule has 0 saturated carbocycles. The topological polar surface area (TPSA) is 55.4 Å². The van der Waals surface area contributed by atoms with Crippen LogP contribution in [-0.4, -0.2) is 70.7 Å². The average Bonchev–Trinajstić information content (AvgIpc) is 2.69. The van der Waals surface area contributed by atoms with Crippen LogP contribution >= 0.6 is 11.8 Å². The Labute approximate surface area is 159 Å². The van der Waals surface area contributed by atoms with Gasteiger partial charge in [0.1, 0.15) is 29.9 Å². The molecule has 2 aliphatic rings. The molecule has 0 spiro atoms. The van der Waals surface area contributed by atoms with Gasteiger partial charge in [-0.1, -0.05) is 30.0 Å². The molecule has 0 bridgehead atoms. The molecule has 6 atom stereocenters. The van der Waals surface area contributed by atoms with E-state index in [0.29, 0.717) is 13.2 Å². The van der Waals surface area contributed by atoms with Gasteiger partial charge < -0.3 is 28.4 Å². The fourth-order valence-electron chi connectivity index (χ4n) is 3.33. The molecule has 2 saturated heterocycles. The lowest BCUT2D eigenvalue weighted by atomic mass is 10.1. The zero-order chi connectivity index (χ0) is 18.4. The first-order chi connectivity index (χ1) is 12.8. The normalized spacial score (nSPS) is 35.3. The van der Waals surface area contributed by atoms with Crippen LogP contribution in [0.2, 0.25) is 0 Å². The third kappa shape index (κ3) is 4.78. The largest absolute Gasteiger partial charge is 0.376 e. The molecule has 0 amide bonds. The van der Waals surface area contributed by atoms with Gasteiger partial charge >= 0.3 is 0 Å². The van der Waals surface area contributed by atoms with E-state index in [1.807, 2.05) is 18.2 Å². The molecule has 26 heavy (non-hydrogen) atoms. The quantitative estimate of drug-likeness (QED) is 0.716. The lowest BCUT2D eigenvalue weighted by Gasteiger charge is -2.43. The molecule has 3 rings (SSSR count). The van der Waals surface area contributed by atoms with Crippen molar-refractivity contribution in [2.24, 2.45) is 0 Å². The lowest BCUT2D eigenvalue weighted by Crippen LogP contribution is -2.57. The van der Waals surface area contributed by atoms with Crippen molar-refractivity contribution in [2.45, 2.75) is 53.9 Å². The van der Waals surface area contributed by atoms with Gasteiger partial charge in [-0.3, -0.25) is 0 Å². The Balaban J connectivity index is 1.73. The van der Waals surface area contributed by atoms with Crippen molar-refractivity contribution in [1.82, 2.24) is 0 Å². The van der Waals surface area contributed by atoms with Gasteiger partial charge in [-0.2, -0.15) is 0 Å². The number of rotatable bonds is 7. The van der Waals surface area contributed by atoms with Crippen molar-refractivity contribution < 1.29 is 28.4 Å². The molecule has 2 aliphatic heterocycles. The highest BCUT2D eigenvalue weighted by Crippen LogP contribution is 2.35. The smallest absolute Gasteiger partial charge is 0.184 e. The Kier molecular flexibility index (Phi) is 7.75. The first-order valence-electron chi connectivity index (χ1n) is 8.95. The van der Waals surface area contributed by atoms with Crippen molar-refractivity contribution >= 4 is 11.8 Å².